The summed E-state index contributed by atoms with van der Waals surface area (Å²) in [4.78, 5) is 16.8. The number of methoxy groups -OCH3 is 2. The third kappa shape index (κ3) is 5.30. The molecule has 1 N–H and O–H groups in total. The van der Waals surface area contributed by atoms with E-state index < -0.39 is 0 Å². The van der Waals surface area contributed by atoms with E-state index in [2.05, 4.69) is 10.5 Å². The van der Waals surface area contributed by atoms with Crippen molar-refractivity contribution in [2.75, 3.05) is 20.8 Å². The van der Waals surface area contributed by atoms with Gasteiger partial charge in [-0.3, -0.25) is 4.79 Å². The number of halogens is 1. The number of rotatable bonds is 7. The molecule has 132 valence electrons. The van der Waals surface area contributed by atoms with Gasteiger partial charge in [0.05, 0.1) is 25.5 Å². The zero-order valence-electron chi connectivity index (χ0n) is 14.0. The number of oxime groups is 1. The molecule has 6 nitrogen and oxygen atoms in total. The summed E-state index contributed by atoms with van der Waals surface area (Å²) in [6, 6.07) is 3.67. The van der Waals surface area contributed by atoms with Gasteiger partial charge in [-0.15, -0.1) is 0 Å². The molecule has 7 heteroatoms. The van der Waals surface area contributed by atoms with Crippen LogP contribution in [0.3, 0.4) is 0 Å². The molecule has 1 saturated carbocycles. The van der Waals surface area contributed by atoms with Crippen molar-refractivity contribution in [1.82, 2.24) is 5.32 Å². The number of carbonyl (C=O) groups is 1. The molecular formula is C17H23ClN2O4. The average molecular weight is 355 g/mol. The molecule has 1 fully saturated rings. The number of nitrogens with one attached hydrogen (secondary N) is 1. The zero-order chi connectivity index (χ0) is 17.4. The Bertz CT molecular complexity index is 586. The highest BCUT2D eigenvalue weighted by atomic mass is 35.5. The van der Waals surface area contributed by atoms with E-state index in [1.807, 2.05) is 0 Å². The summed E-state index contributed by atoms with van der Waals surface area (Å²) >= 11 is 6.11. The largest absolute Gasteiger partial charge is 0.493 e. The second-order valence-corrected chi connectivity index (χ2v) is 6.06. The lowest BCUT2D eigenvalue weighted by atomic mass is 9.95. The fraction of sp³-hybridized carbons (Fsp3) is 0.529. The first-order valence-corrected chi connectivity index (χ1v) is 8.38. The Morgan fingerprint density at radius 3 is 2.71 bits per heavy atom. The summed E-state index contributed by atoms with van der Waals surface area (Å²) in [6.07, 6.45) is 7.15. The smallest absolute Gasteiger partial charge is 0.260 e. The Balaban J connectivity index is 1.83. The van der Waals surface area contributed by atoms with Gasteiger partial charge in [-0.05, 0) is 25.0 Å². The summed E-state index contributed by atoms with van der Waals surface area (Å²) in [5, 5.41) is 7.18. The molecule has 0 atom stereocenters. The summed E-state index contributed by atoms with van der Waals surface area (Å²) in [5.74, 6) is 0.815. The first-order valence-electron chi connectivity index (χ1n) is 8.00. The number of amides is 1. The molecule has 0 spiro atoms. The highest BCUT2D eigenvalue weighted by Crippen LogP contribution is 2.35. The SMILES string of the molecule is COc1cc(/C=N\OCC(=O)NC2CCCCC2)cc(Cl)c1OC. The van der Waals surface area contributed by atoms with Crippen LogP contribution in [0, 0.1) is 0 Å². The average Bonchev–Trinajstić information content (AvgIpc) is 2.59. The molecule has 1 amide bonds. The van der Waals surface area contributed by atoms with Crippen LogP contribution >= 0.6 is 11.6 Å². The Labute approximate surface area is 147 Å². The molecule has 1 aromatic carbocycles. The summed E-state index contributed by atoms with van der Waals surface area (Å²) in [6.45, 7) is -0.103. The maximum Gasteiger partial charge on any atom is 0.260 e. The summed E-state index contributed by atoms with van der Waals surface area (Å²) < 4.78 is 10.4. The van der Waals surface area contributed by atoms with Crippen LogP contribution in [0.5, 0.6) is 11.5 Å². The van der Waals surface area contributed by atoms with Gasteiger partial charge in [0, 0.05) is 11.6 Å². The van der Waals surface area contributed by atoms with Crippen LogP contribution in [0.25, 0.3) is 0 Å². The van der Waals surface area contributed by atoms with Crippen molar-refractivity contribution >= 4 is 23.7 Å². The monoisotopic (exact) mass is 354 g/mol. The third-order valence-electron chi connectivity index (χ3n) is 3.90. The van der Waals surface area contributed by atoms with Gasteiger partial charge in [-0.1, -0.05) is 36.0 Å². The van der Waals surface area contributed by atoms with Crippen molar-refractivity contribution in [2.24, 2.45) is 5.16 Å². The number of hydrogen-bond acceptors (Lipinski definition) is 5. The Hall–Kier alpha value is -1.95. The molecule has 0 saturated heterocycles. The molecule has 0 aliphatic heterocycles. The van der Waals surface area contributed by atoms with Crippen LogP contribution in [-0.2, 0) is 9.63 Å². The number of carbonyl (C=O) groups excluding carboxylic acids is 1. The molecule has 0 unspecified atom stereocenters. The zero-order valence-corrected chi connectivity index (χ0v) is 14.8. The predicted octanol–water partition coefficient (Wildman–Crippen LogP) is 3.16. The molecule has 0 bridgehead atoms. The molecule has 0 heterocycles. The Morgan fingerprint density at radius 2 is 2.04 bits per heavy atom. The van der Waals surface area contributed by atoms with Gasteiger partial charge >= 0.3 is 0 Å². The molecule has 2 rings (SSSR count). The quantitative estimate of drug-likeness (QED) is 0.603. The van der Waals surface area contributed by atoms with Gasteiger partial charge in [0.25, 0.3) is 5.91 Å². The topological polar surface area (TPSA) is 69.2 Å². The highest BCUT2D eigenvalue weighted by molar-refractivity contribution is 6.32. The third-order valence-corrected chi connectivity index (χ3v) is 4.18. The molecule has 24 heavy (non-hydrogen) atoms. The lowest BCUT2D eigenvalue weighted by Gasteiger charge is -2.22. The Kier molecular flexibility index (Phi) is 7.18. The molecule has 0 radical (unpaired) electrons. The van der Waals surface area contributed by atoms with E-state index in [0.29, 0.717) is 22.1 Å². The van der Waals surface area contributed by atoms with E-state index in [9.17, 15) is 4.79 Å². The molecule has 0 aromatic heterocycles. The van der Waals surface area contributed by atoms with E-state index in [4.69, 9.17) is 25.9 Å². The maximum atomic E-state index is 11.8. The van der Waals surface area contributed by atoms with E-state index in [1.54, 1.807) is 12.1 Å². The predicted molar refractivity (Wildman–Crippen MR) is 93.1 cm³/mol. The van der Waals surface area contributed by atoms with Crippen molar-refractivity contribution in [3.63, 3.8) is 0 Å². The highest BCUT2D eigenvalue weighted by Gasteiger charge is 2.15. The van der Waals surface area contributed by atoms with Crippen molar-refractivity contribution in [3.8, 4) is 11.5 Å². The van der Waals surface area contributed by atoms with Crippen molar-refractivity contribution < 1.29 is 19.1 Å². The second kappa shape index (κ2) is 9.37. The maximum absolute atomic E-state index is 11.8. The van der Waals surface area contributed by atoms with Crippen molar-refractivity contribution in [2.45, 2.75) is 38.1 Å². The first kappa shape index (κ1) is 18.4. The fourth-order valence-electron chi connectivity index (χ4n) is 2.72. The lowest BCUT2D eigenvalue weighted by molar-refractivity contribution is -0.126. The summed E-state index contributed by atoms with van der Waals surface area (Å²) in [7, 11) is 3.05. The van der Waals surface area contributed by atoms with Gasteiger partial charge in [-0.2, -0.15) is 0 Å². The number of benzene rings is 1. The first-order chi connectivity index (χ1) is 11.6. The Morgan fingerprint density at radius 1 is 1.29 bits per heavy atom. The number of ether oxygens (including phenoxy) is 2. The standard InChI is InChI=1S/C17H23ClN2O4/c1-22-15-9-12(8-14(18)17(15)23-2)10-19-24-11-16(21)20-13-6-4-3-5-7-13/h8-10,13H,3-7,11H2,1-2H3,(H,20,21)/b19-10-. The molecule has 1 aliphatic rings. The van der Waals surface area contributed by atoms with Gasteiger partial charge in [0.2, 0.25) is 0 Å². The minimum absolute atomic E-state index is 0.103. The normalized spacial score (nSPS) is 15.3. The van der Waals surface area contributed by atoms with E-state index in [1.165, 1.54) is 39.7 Å². The second-order valence-electron chi connectivity index (χ2n) is 5.65. The lowest BCUT2D eigenvalue weighted by Crippen LogP contribution is -2.38. The van der Waals surface area contributed by atoms with Crippen LogP contribution in [0.15, 0.2) is 17.3 Å². The van der Waals surface area contributed by atoms with E-state index in [-0.39, 0.29) is 18.6 Å². The molecule has 1 aliphatic carbocycles. The molecule has 1 aromatic rings. The van der Waals surface area contributed by atoms with Crippen molar-refractivity contribution in [1.29, 1.82) is 0 Å². The van der Waals surface area contributed by atoms with E-state index >= 15 is 0 Å². The van der Waals surface area contributed by atoms with Crippen LogP contribution in [0.1, 0.15) is 37.7 Å². The van der Waals surface area contributed by atoms with Crippen LogP contribution in [0.2, 0.25) is 5.02 Å². The van der Waals surface area contributed by atoms with Gasteiger partial charge < -0.3 is 19.6 Å². The van der Waals surface area contributed by atoms with Crippen LogP contribution in [-0.4, -0.2) is 39.0 Å². The number of nitrogens with zero attached hydrogens (tertiary/aromatic N) is 1. The van der Waals surface area contributed by atoms with Crippen molar-refractivity contribution in [3.05, 3.63) is 22.7 Å². The van der Waals surface area contributed by atoms with Crippen LogP contribution < -0.4 is 14.8 Å². The van der Waals surface area contributed by atoms with Gasteiger partial charge in [0.1, 0.15) is 0 Å². The minimum Gasteiger partial charge on any atom is -0.493 e. The van der Waals surface area contributed by atoms with Crippen LogP contribution in [0.4, 0.5) is 0 Å². The fourth-order valence-corrected chi connectivity index (χ4v) is 3.02. The minimum atomic E-state index is -0.149. The van der Waals surface area contributed by atoms with Gasteiger partial charge in [-0.25, -0.2) is 0 Å². The van der Waals surface area contributed by atoms with Gasteiger partial charge in [0.15, 0.2) is 18.1 Å². The molecular weight excluding hydrogens is 332 g/mol. The summed E-state index contributed by atoms with van der Waals surface area (Å²) in [5.41, 5.74) is 0.685. The number of hydrogen-bond donors (Lipinski definition) is 1. The van der Waals surface area contributed by atoms with E-state index in [0.717, 1.165) is 12.8 Å².